The second-order valence-corrected chi connectivity index (χ2v) is 2.57. The van der Waals surface area contributed by atoms with Crippen LogP contribution in [0, 0.1) is 20.2 Å². The molecular weight excluding hydrogens is 206 g/mol. The molecular formula is C6H3N5O4. The molecule has 9 nitrogen and oxygen atoms in total. The lowest BCUT2D eigenvalue weighted by atomic mass is 10.5. The Balaban J connectivity index is 2.86. The van der Waals surface area contributed by atoms with Crippen molar-refractivity contribution in [1.29, 1.82) is 0 Å². The SMILES string of the molecule is O=[N+]([O-])c1nn2cccnc2c1[N+](=O)[O-]. The highest BCUT2D eigenvalue weighted by atomic mass is 16.6. The van der Waals surface area contributed by atoms with Crippen LogP contribution in [0.3, 0.4) is 0 Å². The average Bonchev–Trinajstić information content (AvgIpc) is 2.56. The summed E-state index contributed by atoms with van der Waals surface area (Å²) < 4.78 is 0.996. The van der Waals surface area contributed by atoms with E-state index in [9.17, 15) is 20.2 Å². The van der Waals surface area contributed by atoms with Gasteiger partial charge in [0, 0.05) is 6.20 Å². The summed E-state index contributed by atoms with van der Waals surface area (Å²) in [5.41, 5.74) is -0.838. The summed E-state index contributed by atoms with van der Waals surface area (Å²) in [7, 11) is 0. The molecule has 0 aliphatic carbocycles. The molecule has 0 aliphatic rings. The fourth-order valence-electron chi connectivity index (χ4n) is 1.15. The highest BCUT2D eigenvalue weighted by Gasteiger charge is 2.34. The fraction of sp³-hybridized carbons (Fsp3) is 0. The van der Waals surface area contributed by atoms with Crippen molar-refractivity contribution in [2.24, 2.45) is 0 Å². The normalized spacial score (nSPS) is 10.4. The highest BCUT2D eigenvalue weighted by molar-refractivity contribution is 5.67. The van der Waals surface area contributed by atoms with Crippen LogP contribution >= 0.6 is 0 Å². The van der Waals surface area contributed by atoms with Crippen molar-refractivity contribution in [2.45, 2.75) is 0 Å². The van der Waals surface area contributed by atoms with Gasteiger partial charge in [0.15, 0.2) is 0 Å². The van der Waals surface area contributed by atoms with Gasteiger partial charge < -0.3 is 10.1 Å². The van der Waals surface area contributed by atoms with Crippen molar-refractivity contribution >= 4 is 17.2 Å². The van der Waals surface area contributed by atoms with Gasteiger partial charge in [0.1, 0.15) is 0 Å². The van der Waals surface area contributed by atoms with Crippen molar-refractivity contribution in [1.82, 2.24) is 14.6 Å². The first-order valence-corrected chi connectivity index (χ1v) is 3.73. The summed E-state index contributed by atoms with van der Waals surface area (Å²) in [6.45, 7) is 0. The Morgan fingerprint density at radius 1 is 1.27 bits per heavy atom. The van der Waals surface area contributed by atoms with Crippen molar-refractivity contribution in [3.05, 3.63) is 38.7 Å². The van der Waals surface area contributed by atoms with E-state index in [-0.39, 0.29) is 5.65 Å². The predicted octanol–water partition coefficient (Wildman–Crippen LogP) is 0.546. The maximum absolute atomic E-state index is 10.6. The number of rotatable bonds is 2. The molecule has 0 atom stereocenters. The molecule has 2 aromatic rings. The van der Waals surface area contributed by atoms with Crippen LogP contribution in [0.1, 0.15) is 0 Å². The maximum Gasteiger partial charge on any atom is 0.470 e. The number of nitrogens with zero attached hydrogens (tertiary/aromatic N) is 5. The molecule has 0 aliphatic heterocycles. The molecule has 0 radical (unpaired) electrons. The quantitative estimate of drug-likeness (QED) is 0.526. The van der Waals surface area contributed by atoms with Crippen LogP contribution < -0.4 is 0 Å². The minimum atomic E-state index is -0.910. The molecule has 76 valence electrons. The van der Waals surface area contributed by atoms with E-state index in [1.807, 2.05) is 0 Å². The molecule has 2 heterocycles. The molecule has 0 unspecified atom stereocenters. The van der Waals surface area contributed by atoms with Gasteiger partial charge in [-0.25, -0.2) is 4.98 Å². The Bertz CT molecular complexity index is 562. The predicted molar refractivity (Wildman–Crippen MR) is 46.3 cm³/mol. The Hall–Kier alpha value is -2.58. The van der Waals surface area contributed by atoms with E-state index >= 15 is 0 Å². The molecule has 0 saturated heterocycles. The van der Waals surface area contributed by atoms with E-state index in [2.05, 4.69) is 10.1 Å². The minimum Gasteiger partial charge on any atom is -0.358 e. The van der Waals surface area contributed by atoms with Crippen LogP contribution in [-0.4, -0.2) is 24.4 Å². The van der Waals surface area contributed by atoms with Crippen molar-refractivity contribution < 1.29 is 9.85 Å². The Morgan fingerprint density at radius 3 is 2.60 bits per heavy atom. The monoisotopic (exact) mass is 209 g/mol. The van der Waals surface area contributed by atoms with Crippen LogP contribution in [0.25, 0.3) is 5.65 Å². The second kappa shape index (κ2) is 2.97. The topological polar surface area (TPSA) is 116 Å². The second-order valence-electron chi connectivity index (χ2n) is 2.57. The Labute approximate surface area is 81.3 Å². The van der Waals surface area contributed by atoms with E-state index < -0.39 is 21.4 Å². The average molecular weight is 209 g/mol. The van der Waals surface area contributed by atoms with Gasteiger partial charge >= 0.3 is 11.5 Å². The molecule has 0 bridgehead atoms. The van der Waals surface area contributed by atoms with Crippen molar-refractivity contribution in [3.63, 3.8) is 0 Å². The largest absolute Gasteiger partial charge is 0.470 e. The van der Waals surface area contributed by atoms with Gasteiger partial charge in [-0.3, -0.25) is 10.1 Å². The lowest BCUT2D eigenvalue weighted by Crippen LogP contribution is -1.94. The molecule has 0 spiro atoms. The van der Waals surface area contributed by atoms with Crippen molar-refractivity contribution in [2.75, 3.05) is 0 Å². The molecule has 15 heavy (non-hydrogen) atoms. The zero-order valence-corrected chi connectivity index (χ0v) is 7.10. The highest BCUT2D eigenvalue weighted by Crippen LogP contribution is 2.28. The van der Waals surface area contributed by atoms with Gasteiger partial charge in [0.05, 0.1) is 16.2 Å². The van der Waals surface area contributed by atoms with E-state index in [1.54, 1.807) is 0 Å². The summed E-state index contributed by atoms with van der Waals surface area (Å²) in [6.07, 6.45) is 2.65. The third-order valence-corrected chi connectivity index (χ3v) is 1.71. The van der Waals surface area contributed by atoms with E-state index in [4.69, 9.17) is 0 Å². The standard InChI is InChI=1S/C6H3N5O4/c12-10(13)4-5-7-2-1-3-9(5)8-6(4)11(14)15/h1-3H. The summed E-state index contributed by atoms with van der Waals surface area (Å²) >= 11 is 0. The van der Waals surface area contributed by atoms with E-state index in [0.717, 1.165) is 4.52 Å². The lowest BCUT2D eigenvalue weighted by Gasteiger charge is -1.86. The number of aromatic nitrogens is 3. The van der Waals surface area contributed by atoms with Crippen LogP contribution in [0.4, 0.5) is 11.5 Å². The summed E-state index contributed by atoms with van der Waals surface area (Å²) in [5.74, 6) is -0.807. The fourth-order valence-corrected chi connectivity index (χ4v) is 1.15. The van der Waals surface area contributed by atoms with Gasteiger partial charge in [0.2, 0.25) is 0 Å². The van der Waals surface area contributed by atoms with Gasteiger partial charge in [0.25, 0.3) is 5.65 Å². The molecule has 0 saturated carbocycles. The first kappa shape index (κ1) is 8.99. The number of hydrogen-bond acceptors (Lipinski definition) is 6. The first-order chi connectivity index (χ1) is 7.11. The molecule has 0 N–H and O–H groups in total. The van der Waals surface area contributed by atoms with E-state index in [1.165, 1.54) is 18.5 Å². The van der Waals surface area contributed by atoms with Crippen molar-refractivity contribution in [3.8, 4) is 0 Å². The summed E-state index contributed by atoms with van der Waals surface area (Å²) in [5, 5.41) is 24.5. The number of hydrogen-bond donors (Lipinski definition) is 0. The molecule has 2 aromatic heterocycles. The lowest BCUT2D eigenvalue weighted by molar-refractivity contribution is -0.423. The smallest absolute Gasteiger partial charge is 0.358 e. The Morgan fingerprint density at radius 2 is 2.00 bits per heavy atom. The van der Waals surface area contributed by atoms with Crippen LogP contribution in [0.2, 0.25) is 0 Å². The summed E-state index contributed by atoms with van der Waals surface area (Å²) in [4.78, 5) is 23.0. The summed E-state index contributed by atoms with van der Waals surface area (Å²) in [6, 6.07) is 1.47. The first-order valence-electron chi connectivity index (χ1n) is 3.73. The molecule has 0 fully saturated rings. The molecule has 9 heteroatoms. The zero-order valence-electron chi connectivity index (χ0n) is 7.10. The van der Waals surface area contributed by atoms with Gasteiger partial charge in [-0.1, -0.05) is 0 Å². The maximum atomic E-state index is 10.6. The van der Waals surface area contributed by atoms with Gasteiger partial charge in [-0.15, -0.1) is 4.52 Å². The molecule has 2 rings (SSSR count). The van der Waals surface area contributed by atoms with Gasteiger partial charge in [-0.2, -0.15) is 0 Å². The van der Waals surface area contributed by atoms with Gasteiger partial charge in [-0.05, 0) is 11.0 Å². The van der Waals surface area contributed by atoms with Crippen LogP contribution in [0.15, 0.2) is 18.5 Å². The Kier molecular flexibility index (Phi) is 1.78. The molecule has 0 aromatic carbocycles. The third kappa shape index (κ3) is 1.25. The molecule has 0 amide bonds. The number of fused-ring (bicyclic) bond motifs is 1. The third-order valence-electron chi connectivity index (χ3n) is 1.71. The van der Waals surface area contributed by atoms with Crippen LogP contribution in [-0.2, 0) is 0 Å². The van der Waals surface area contributed by atoms with Crippen LogP contribution in [0.5, 0.6) is 0 Å². The minimum absolute atomic E-state index is 0.144. The van der Waals surface area contributed by atoms with E-state index in [0.29, 0.717) is 0 Å². The number of nitro groups is 2. The zero-order chi connectivity index (χ0) is 11.0.